The van der Waals surface area contributed by atoms with Crippen LogP contribution >= 0.6 is 0 Å². The number of fused-ring (bicyclic) bond motifs is 5. The lowest BCUT2D eigenvalue weighted by Crippen LogP contribution is -2.50. The van der Waals surface area contributed by atoms with Gasteiger partial charge in [-0.3, -0.25) is 9.59 Å². The van der Waals surface area contributed by atoms with E-state index in [0.717, 1.165) is 61.7 Å². The van der Waals surface area contributed by atoms with Gasteiger partial charge in [0, 0.05) is 12.8 Å². The van der Waals surface area contributed by atoms with E-state index in [1.807, 2.05) is 0 Å². The molecule has 0 aromatic carbocycles. The van der Waals surface area contributed by atoms with Crippen LogP contribution in [0.5, 0.6) is 0 Å². The quantitative estimate of drug-likeness (QED) is 0.102. The summed E-state index contributed by atoms with van der Waals surface area (Å²) in [6, 6.07) is 0. The van der Waals surface area contributed by atoms with Gasteiger partial charge in [-0.05, 0) is 117 Å². The van der Waals surface area contributed by atoms with Crippen molar-refractivity contribution >= 4 is 11.6 Å². The number of carbonyl (C=O) groups is 2. The second-order valence-corrected chi connectivity index (χ2v) is 15.2. The smallest absolute Gasteiger partial charge is 0.143 e. The third-order valence-electron chi connectivity index (χ3n) is 12.7. The maximum Gasteiger partial charge on any atom is 0.143 e. The van der Waals surface area contributed by atoms with Gasteiger partial charge in [-0.2, -0.15) is 0 Å². The van der Waals surface area contributed by atoms with Crippen molar-refractivity contribution in [3.63, 3.8) is 0 Å². The van der Waals surface area contributed by atoms with E-state index < -0.39 is 0 Å². The number of Topliss-reactive ketones (excluding diaryl/α,β-unsaturated/α-hetero) is 2. The Morgan fingerprint density at radius 2 is 1.77 bits per heavy atom. The van der Waals surface area contributed by atoms with Crippen LogP contribution in [0.2, 0.25) is 0 Å². The number of hydrogen-bond acceptors (Lipinski definition) is 2. The Kier molecular flexibility index (Phi) is 10.3. The Balaban J connectivity index is 0.00000172. The van der Waals surface area contributed by atoms with Gasteiger partial charge in [-0.25, -0.2) is 0 Å². The summed E-state index contributed by atoms with van der Waals surface area (Å²) in [6.45, 7) is 10.0. The van der Waals surface area contributed by atoms with Gasteiger partial charge < -0.3 is 0 Å². The van der Waals surface area contributed by atoms with Crippen LogP contribution in [0.1, 0.15) is 143 Å². The van der Waals surface area contributed by atoms with E-state index in [0.29, 0.717) is 29.6 Å². The molecule has 2 heteroatoms. The Labute approximate surface area is 240 Å². The molecule has 0 bridgehead atoms. The topological polar surface area (TPSA) is 34.1 Å². The fourth-order valence-electron chi connectivity index (χ4n) is 10.4. The standard InChI is InChI=1S/C35H56O2.C2H2/c1-24(2)10-8-9-11-26-15-17-30-28-16-14-27-22-25(23-33(37)29-12-6-5-7-13-32(29)36)18-20-35(27,4)31(28)19-21-34(26,30)3;1-2/h14,24-26,28-31H,5-13,15-23H2,1-4H3;1-2H/t25?,26-,28?,29?,30?,31?,34+,35-;/m0./s1. The fourth-order valence-corrected chi connectivity index (χ4v) is 10.4. The van der Waals surface area contributed by atoms with Crippen molar-refractivity contribution in [2.75, 3.05) is 0 Å². The number of hydrogen-bond donors (Lipinski definition) is 0. The van der Waals surface area contributed by atoms with E-state index in [9.17, 15) is 9.59 Å². The molecule has 0 amide bonds. The molecule has 5 aliphatic rings. The molecule has 0 spiro atoms. The number of carbonyl (C=O) groups excluding carboxylic acids is 2. The Morgan fingerprint density at radius 3 is 2.54 bits per heavy atom. The summed E-state index contributed by atoms with van der Waals surface area (Å²) in [5.41, 5.74) is 2.63. The van der Waals surface area contributed by atoms with E-state index in [2.05, 4.69) is 46.6 Å². The summed E-state index contributed by atoms with van der Waals surface area (Å²) in [5.74, 6) is 5.16. The highest BCUT2D eigenvalue weighted by Gasteiger charge is 2.58. The van der Waals surface area contributed by atoms with Crippen molar-refractivity contribution < 1.29 is 9.59 Å². The van der Waals surface area contributed by atoms with Crippen molar-refractivity contribution in [3.8, 4) is 12.8 Å². The highest BCUT2D eigenvalue weighted by Crippen LogP contribution is 2.67. The molecule has 8 atom stereocenters. The molecule has 5 unspecified atom stereocenters. The second kappa shape index (κ2) is 13.1. The largest absolute Gasteiger partial charge is 0.299 e. The third kappa shape index (κ3) is 6.28. The highest BCUT2D eigenvalue weighted by molar-refractivity contribution is 6.02. The lowest BCUT2D eigenvalue weighted by Gasteiger charge is -2.58. The summed E-state index contributed by atoms with van der Waals surface area (Å²) in [5, 5.41) is 0. The first-order valence-corrected chi connectivity index (χ1v) is 16.8. The van der Waals surface area contributed by atoms with Gasteiger partial charge in [-0.1, -0.05) is 71.4 Å². The van der Waals surface area contributed by atoms with Gasteiger partial charge in [0.2, 0.25) is 0 Å². The fraction of sp³-hybridized carbons (Fsp3) is 0.838. The molecule has 2 nitrogen and oxygen atoms in total. The zero-order valence-corrected chi connectivity index (χ0v) is 25.8. The molecule has 0 aromatic rings. The van der Waals surface area contributed by atoms with Crippen LogP contribution in [-0.4, -0.2) is 11.6 Å². The van der Waals surface area contributed by atoms with Crippen LogP contribution < -0.4 is 0 Å². The van der Waals surface area contributed by atoms with E-state index in [1.54, 1.807) is 5.57 Å². The zero-order valence-electron chi connectivity index (χ0n) is 25.8. The maximum atomic E-state index is 13.2. The van der Waals surface area contributed by atoms with Crippen LogP contribution in [0.4, 0.5) is 0 Å². The summed E-state index contributed by atoms with van der Waals surface area (Å²) in [6.07, 6.45) is 32.3. The lowest BCUT2D eigenvalue weighted by molar-refractivity contribution is -0.133. The third-order valence-corrected chi connectivity index (χ3v) is 12.7. The van der Waals surface area contributed by atoms with Crippen molar-refractivity contribution in [2.45, 2.75) is 143 Å². The van der Waals surface area contributed by atoms with E-state index in [-0.39, 0.29) is 17.5 Å². The minimum atomic E-state index is -0.280. The monoisotopic (exact) mass is 534 g/mol. The summed E-state index contributed by atoms with van der Waals surface area (Å²) < 4.78 is 0. The molecule has 5 rings (SSSR count). The minimum absolute atomic E-state index is 0.239. The first-order valence-electron chi connectivity index (χ1n) is 16.8. The van der Waals surface area contributed by atoms with E-state index in [1.165, 1.54) is 70.6 Å². The molecular formula is C37H58O2. The van der Waals surface area contributed by atoms with E-state index in [4.69, 9.17) is 0 Å². The van der Waals surface area contributed by atoms with Gasteiger partial charge in [-0.15, -0.1) is 12.8 Å². The first-order chi connectivity index (χ1) is 18.7. The molecule has 0 N–H and O–H groups in total. The first kappa shape index (κ1) is 30.6. The lowest BCUT2D eigenvalue weighted by atomic mass is 9.46. The Bertz CT molecular complexity index is 910. The van der Waals surface area contributed by atoms with Gasteiger partial charge in [0.1, 0.15) is 11.6 Å². The number of unbranched alkanes of at least 4 members (excludes halogenated alkanes) is 1. The number of rotatable bonds is 8. The Morgan fingerprint density at radius 1 is 0.974 bits per heavy atom. The van der Waals surface area contributed by atoms with Crippen LogP contribution in [0.3, 0.4) is 0 Å². The SMILES string of the molecule is C#C.CC(C)CCCC[C@H]1CCC2C3CC=C4CC(CC(=O)C5CCCCCC5=O)CC[C@]4(C)C3CC[C@@]21C. The van der Waals surface area contributed by atoms with Gasteiger partial charge in [0.05, 0.1) is 5.92 Å². The normalized spacial score (nSPS) is 39.9. The summed E-state index contributed by atoms with van der Waals surface area (Å²) >= 11 is 0. The molecule has 0 radical (unpaired) electrons. The maximum absolute atomic E-state index is 13.2. The van der Waals surface area contributed by atoms with Crippen molar-refractivity contribution in [1.82, 2.24) is 0 Å². The van der Waals surface area contributed by atoms with Crippen LogP contribution in [0.15, 0.2) is 11.6 Å². The molecule has 0 saturated heterocycles. The minimum Gasteiger partial charge on any atom is -0.299 e. The van der Waals surface area contributed by atoms with Crippen molar-refractivity contribution in [3.05, 3.63) is 11.6 Å². The predicted molar refractivity (Wildman–Crippen MR) is 163 cm³/mol. The molecule has 218 valence electrons. The number of ketones is 2. The van der Waals surface area contributed by atoms with Gasteiger partial charge in [0.25, 0.3) is 0 Å². The number of allylic oxidation sites excluding steroid dienone is 2. The zero-order chi connectivity index (χ0) is 28.2. The Hall–Kier alpha value is -1.36. The van der Waals surface area contributed by atoms with Gasteiger partial charge in [0.15, 0.2) is 0 Å². The molecule has 0 heterocycles. The molecule has 0 aliphatic heterocycles. The molecule has 5 aliphatic carbocycles. The number of terminal acetylenes is 1. The molecular weight excluding hydrogens is 476 g/mol. The predicted octanol–water partition coefficient (Wildman–Crippen LogP) is 9.76. The molecule has 39 heavy (non-hydrogen) atoms. The molecule has 4 fully saturated rings. The molecule has 0 aromatic heterocycles. The average Bonchev–Trinajstić information content (AvgIpc) is 3.09. The van der Waals surface area contributed by atoms with Gasteiger partial charge >= 0.3 is 0 Å². The van der Waals surface area contributed by atoms with Crippen LogP contribution in [0.25, 0.3) is 0 Å². The van der Waals surface area contributed by atoms with Crippen molar-refractivity contribution in [2.24, 2.45) is 52.3 Å². The molecule has 4 saturated carbocycles. The summed E-state index contributed by atoms with van der Waals surface area (Å²) in [4.78, 5) is 25.7. The second-order valence-electron chi connectivity index (χ2n) is 15.2. The van der Waals surface area contributed by atoms with E-state index >= 15 is 0 Å². The van der Waals surface area contributed by atoms with Crippen molar-refractivity contribution in [1.29, 1.82) is 0 Å². The van der Waals surface area contributed by atoms with Crippen LogP contribution in [-0.2, 0) is 9.59 Å². The summed E-state index contributed by atoms with van der Waals surface area (Å²) in [7, 11) is 0. The van der Waals surface area contributed by atoms with Crippen LogP contribution in [0, 0.1) is 65.1 Å². The highest BCUT2D eigenvalue weighted by atomic mass is 16.1. The average molecular weight is 535 g/mol.